The number of carbonyl (C=O) groups is 2. The van der Waals surface area contributed by atoms with Crippen molar-refractivity contribution in [2.75, 3.05) is 26.2 Å². The summed E-state index contributed by atoms with van der Waals surface area (Å²) in [4.78, 5) is 29.6. The van der Waals surface area contributed by atoms with Crippen LogP contribution in [0, 0.1) is 16.6 Å². The van der Waals surface area contributed by atoms with Crippen molar-refractivity contribution in [1.29, 1.82) is 0 Å². The zero-order chi connectivity index (χ0) is 19.7. The first-order valence-corrected chi connectivity index (χ1v) is 10.0. The van der Waals surface area contributed by atoms with E-state index in [-0.39, 0.29) is 29.5 Å². The Morgan fingerprint density at radius 2 is 1.93 bits per heavy atom. The minimum atomic E-state index is -0.406. The van der Waals surface area contributed by atoms with Crippen molar-refractivity contribution < 1.29 is 14.0 Å². The van der Waals surface area contributed by atoms with Crippen LogP contribution in [0.25, 0.3) is 0 Å². The van der Waals surface area contributed by atoms with Gasteiger partial charge in [-0.15, -0.1) is 0 Å². The third-order valence-electron chi connectivity index (χ3n) is 5.76. The summed E-state index contributed by atoms with van der Waals surface area (Å²) in [5.41, 5.74) is 0.240. The van der Waals surface area contributed by atoms with Gasteiger partial charge in [0, 0.05) is 32.6 Å². The van der Waals surface area contributed by atoms with Crippen LogP contribution in [0.2, 0.25) is 0 Å². The third kappa shape index (κ3) is 4.50. The van der Waals surface area contributed by atoms with Crippen LogP contribution < -0.4 is 0 Å². The first-order chi connectivity index (χ1) is 12.7. The van der Waals surface area contributed by atoms with E-state index < -0.39 is 5.41 Å². The highest BCUT2D eigenvalue weighted by atomic mass is 19.1. The van der Waals surface area contributed by atoms with E-state index in [1.165, 1.54) is 6.07 Å². The molecule has 0 radical (unpaired) electrons. The molecule has 27 heavy (non-hydrogen) atoms. The molecular formula is C22H31FN2O2. The standard InChI is InChI=1S/C22H31FN2O2/c1-21(2,3)15-25-13-6-11-22(20(25)27)12-14-24(16-22)19(26)10-9-17-7-4-5-8-18(17)23/h4-5,7-8H,6,9-16H2,1-3H3/t22-/m0/s1. The zero-order valence-corrected chi connectivity index (χ0v) is 16.8. The molecule has 1 aromatic carbocycles. The molecule has 2 aliphatic rings. The van der Waals surface area contributed by atoms with E-state index >= 15 is 0 Å². The molecule has 2 amide bonds. The Morgan fingerprint density at radius 1 is 1.19 bits per heavy atom. The van der Waals surface area contributed by atoms with Crippen LogP contribution in [0.15, 0.2) is 24.3 Å². The molecule has 2 aliphatic heterocycles. The maximum atomic E-state index is 13.8. The van der Waals surface area contributed by atoms with Crippen molar-refractivity contribution in [3.05, 3.63) is 35.6 Å². The fraction of sp³-hybridized carbons (Fsp3) is 0.636. The lowest BCUT2D eigenvalue weighted by Gasteiger charge is -2.41. The number of hydrogen-bond donors (Lipinski definition) is 0. The van der Waals surface area contributed by atoms with Gasteiger partial charge in [-0.05, 0) is 42.7 Å². The Labute approximate surface area is 161 Å². The smallest absolute Gasteiger partial charge is 0.230 e. The molecule has 2 heterocycles. The normalized spacial score (nSPS) is 23.3. The molecular weight excluding hydrogens is 343 g/mol. The molecule has 1 spiro atoms. The molecule has 0 unspecified atom stereocenters. The third-order valence-corrected chi connectivity index (χ3v) is 5.76. The number of hydrogen-bond acceptors (Lipinski definition) is 2. The van der Waals surface area contributed by atoms with Crippen molar-refractivity contribution in [3.63, 3.8) is 0 Å². The van der Waals surface area contributed by atoms with E-state index in [4.69, 9.17) is 0 Å². The number of benzene rings is 1. The highest BCUT2D eigenvalue weighted by molar-refractivity contribution is 5.86. The van der Waals surface area contributed by atoms with Crippen LogP contribution in [0.5, 0.6) is 0 Å². The molecule has 0 N–H and O–H groups in total. The van der Waals surface area contributed by atoms with Crippen molar-refractivity contribution in [2.24, 2.45) is 10.8 Å². The number of halogens is 1. The zero-order valence-electron chi connectivity index (χ0n) is 16.8. The molecule has 0 aromatic heterocycles. The topological polar surface area (TPSA) is 40.6 Å². The van der Waals surface area contributed by atoms with Gasteiger partial charge in [-0.2, -0.15) is 0 Å². The second-order valence-electron chi connectivity index (χ2n) is 9.33. The SMILES string of the molecule is CC(C)(C)CN1CCC[C@@]2(CCN(C(=O)CCc3ccccc3F)C2)C1=O. The van der Waals surface area contributed by atoms with Crippen LogP contribution in [0.4, 0.5) is 4.39 Å². The van der Waals surface area contributed by atoms with Crippen LogP contribution in [0.1, 0.15) is 52.0 Å². The summed E-state index contributed by atoms with van der Waals surface area (Å²) in [6.45, 7) is 9.17. The van der Waals surface area contributed by atoms with Gasteiger partial charge < -0.3 is 9.80 Å². The van der Waals surface area contributed by atoms with Crippen molar-refractivity contribution in [3.8, 4) is 0 Å². The lowest BCUT2D eigenvalue weighted by atomic mass is 9.77. The molecule has 148 valence electrons. The minimum absolute atomic E-state index is 0.0240. The van der Waals surface area contributed by atoms with E-state index in [0.29, 0.717) is 25.1 Å². The van der Waals surface area contributed by atoms with E-state index in [9.17, 15) is 14.0 Å². The maximum absolute atomic E-state index is 13.8. The minimum Gasteiger partial charge on any atom is -0.342 e. The number of likely N-dealkylation sites (tertiary alicyclic amines) is 2. The molecule has 0 aliphatic carbocycles. The molecule has 0 saturated carbocycles. The predicted molar refractivity (Wildman–Crippen MR) is 104 cm³/mol. The fourth-order valence-corrected chi connectivity index (χ4v) is 4.44. The summed E-state index contributed by atoms with van der Waals surface area (Å²) in [5.74, 6) is -0.0209. The van der Waals surface area contributed by atoms with E-state index in [1.54, 1.807) is 18.2 Å². The van der Waals surface area contributed by atoms with Crippen LogP contribution in [-0.4, -0.2) is 47.8 Å². The van der Waals surface area contributed by atoms with Crippen molar-refractivity contribution in [2.45, 2.75) is 52.9 Å². The summed E-state index contributed by atoms with van der Waals surface area (Å²) in [6.07, 6.45) is 3.30. The van der Waals surface area contributed by atoms with E-state index in [2.05, 4.69) is 20.8 Å². The highest BCUT2D eigenvalue weighted by Gasteiger charge is 2.49. The number of rotatable bonds is 4. The maximum Gasteiger partial charge on any atom is 0.230 e. The molecule has 0 bridgehead atoms. The van der Waals surface area contributed by atoms with Crippen LogP contribution >= 0.6 is 0 Å². The van der Waals surface area contributed by atoms with Gasteiger partial charge in [0.1, 0.15) is 5.82 Å². The molecule has 1 aromatic rings. The first-order valence-electron chi connectivity index (χ1n) is 10.0. The fourth-order valence-electron chi connectivity index (χ4n) is 4.44. The number of piperidine rings is 1. The molecule has 5 heteroatoms. The van der Waals surface area contributed by atoms with Crippen molar-refractivity contribution in [1.82, 2.24) is 9.80 Å². The van der Waals surface area contributed by atoms with Gasteiger partial charge in [-0.1, -0.05) is 39.0 Å². The molecule has 2 fully saturated rings. The van der Waals surface area contributed by atoms with Gasteiger partial charge in [0.05, 0.1) is 5.41 Å². The summed E-state index contributed by atoms with van der Waals surface area (Å²) in [6, 6.07) is 6.60. The Hall–Kier alpha value is -1.91. The Balaban J connectivity index is 1.60. The highest BCUT2D eigenvalue weighted by Crippen LogP contribution is 2.41. The van der Waals surface area contributed by atoms with Crippen molar-refractivity contribution >= 4 is 11.8 Å². The molecule has 3 rings (SSSR count). The van der Waals surface area contributed by atoms with Crippen LogP contribution in [-0.2, 0) is 16.0 Å². The van der Waals surface area contributed by atoms with E-state index in [0.717, 1.165) is 32.4 Å². The lowest BCUT2D eigenvalue weighted by molar-refractivity contribution is -0.147. The summed E-state index contributed by atoms with van der Waals surface area (Å²) in [7, 11) is 0. The average Bonchev–Trinajstić information content (AvgIpc) is 3.02. The molecule has 4 nitrogen and oxygen atoms in total. The summed E-state index contributed by atoms with van der Waals surface area (Å²) in [5, 5.41) is 0. The number of carbonyl (C=O) groups excluding carboxylic acids is 2. The monoisotopic (exact) mass is 374 g/mol. The average molecular weight is 375 g/mol. The lowest BCUT2D eigenvalue weighted by Crippen LogP contribution is -2.52. The van der Waals surface area contributed by atoms with Gasteiger partial charge in [0.15, 0.2) is 0 Å². The van der Waals surface area contributed by atoms with Gasteiger partial charge in [-0.25, -0.2) is 4.39 Å². The Morgan fingerprint density at radius 3 is 2.63 bits per heavy atom. The second-order valence-corrected chi connectivity index (χ2v) is 9.33. The second kappa shape index (κ2) is 7.61. The van der Waals surface area contributed by atoms with Gasteiger partial charge in [0.2, 0.25) is 11.8 Å². The molecule has 1 atom stereocenters. The van der Waals surface area contributed by atoms with E-state index in [1.807, 2.05) is 9.80 Å². The summed E-state index contributed by atoms with van der Waals surface area (Å²) >= 11 is 0. The Kier molecular flexibility index (Phi) is 5.59. The predicted octanol–water partition coefficient (Wildman–Crippen LogP) is 3.65. The summed E-state index contributed by atoms with van der Waals surface area (Å²) < 4.78 is 13.8. The largest absolute Gasteiger partial charge is 0.342 e. The van der Waals surface area contributed by atoms with Gasteiger partial charge >= 0.3 is 0 Å². The van der Waals surface area contributed by atoms with Crippen LogP contribution in [0.3, 0.4) is 0 Å². The van der Waals surface area contributed by atoms with Gasteiger partial charge in [0.25, 0.3) is 0 Å². The quantitative estimate of drug-likeness (QED) is 0.807. The number of nitrogens with zero attached hydrogens (tertiary/aromatic N) is 2. The van der Waals surface area contributed by atoms with Gasteiger partial charge in [-0.3, -0.25) is 9.59 Å². The Bertz CT molecular complexity index is 713. The number of amides is 2. The number of aryl methyl sites for hydroxylation is 1. The molecule has 2 saturated heterocycles. The first kappa shape index (κ1) is 19.8.